The number of rotatable bonds is 2. The first-order valence-electron chi connectivity index (χ1n) is 2.53. The van der Waals surface area contributed by atoms with E-state index in [4.69, 9.17) is 0 Å². The maximum Gasteiger partial charge on any atom is 1.00 e. The van der Waals surface area contributed by atoms with E-state index in [1.807, 2.05) is 0 Å². The van der Waals surface area contributed by atoms with Gasteiger partial charge in [0.25, 0.3) is 0 Å². The van der Waals surface area contributed by atoms with Crippen LogP contribution in [0.2, 0.25) is 0 Å². The van der Waals surface area contributed by atoms with E-state index in [9.17, 15) is 17.5 Å². The van der Waals surface area contributed by atoms with Crippen molar-refractivity contribution in [3.63, 3.8) is 0 Å². The number of hydrogen-bond acceptors (Lipinski definition) is 3. The van der Waals surface area contributed by atoms with Crippen LogP contribution in [0.3, 0.4) is 0 Å². The molecule has 0 aliphatic heterocycles. The summed E-state index contributed by atoms with van der Waals surface area (Å²) in [7, 11) is 0. The minimum Gasteiger partial charge on any atom is -0.768 e. The summed E-state index contributed by atoms with van der Waals surface area (Å²) in [4.78, 5) is -0.245. The maximum atomic E-state index is 11.7. The molecule has 1 rings (SSSR count). The van der Waals surface area contributed by atoms with Gasteiger partial charge in [0.15, 0.2) is 0 Å². The third-order valence-corrected chi connectivity index (χ3v) is 1.57. The van der Waals surface area contributed by atoms with Crippen molar-refractivity contribution in [3.8, 4) is 0 Å². The van der Waals surface area contributed by atoms with E-state index < -0.39 is 17.6 Å². The van der Waals surface area contributed by atoms with Gasteiger partial charge in [-0.2, -0.15) is 13.9 Å². The average molecular weight is 204 g/mol. The van der Waals surface area contributed by atoms with Crippen molar-refractivity contribution in [1.29, 1.82) is 0 Å². The first-order valence-corrected chi connectivity index (χ1v) is 3.60. The standard InChI is InChI=1S/C4H4F2N2O2S.Na/c5-4(6)8-2-3(1-7-8)11(9)10;/h1-2,4H,(H,9,10);/q;+1/p-1. The quantitative estimate of drug-likeness (QED) is 0.396. The van der Waals surface area contributed by atoms with Gasteiger partial charge in [-0.3, -0.25) is 4.21 Å². The van der Waals surface area contributed by atoms with Crippen molar-refractivity contribution in [1.82, 2.24) is 9.78 Å². The Morgan fingerprint density at radius 1 is 1.67 bits per heavy atom. The Balaban J connectivity index is 0.00000121. The zero-order valence-electron chi connectivity index (χ0n) is 6.11. The van der Waals surface area contributed by atoms with Crippen LogP contribution >= 0.6 is 0 Å². The molecule has 1 heterocycles. The SMILES string of the molecule is O=S([O-])c1cnn(C(F)F)c1.[Na+]. The first-order chi connectivity index (χ1) is 5.11. The number of aromatic nitrogens is 2. The fourth-order valence-electron chi connectivity index (χ4n) is 0.513. The molecule has 0 radical (unpaired) electrons. The Hall–Kier alpha value is 0.180. The third-order valence-electron chi connectivity index (χ3n) is 0.970. The Kier molecular flexibility index (Phi) is 5.10. The van der Waals surface area contributed by atoms with Crippen molar-refractivity contribution in [2.75, 3.05) is 0 Å². The molecule has 0 saturated carbocycles. The molecule has 1 atom stereocenters. The van der Waals surface area contributed by atoms with Crippen LogP contribution in [0.15, 0.2) is 17.3 Å². The molecule has 0 N–H and O–H groups in total. The molecule has 0 spiro atoms. The van der Waals surface area contributed by atoms with Crippen LogP contribution in [-0.4, -0.2) is 18.5 Å². The molecular weight excluding hydrogens is 201 g/mol. The van der Waals surface area contributed by atoms with Gasteiger partial charge in [0.05, 0.1) is 11.1 Å². The Labute approximate surface area is 91.5 Å². The maximum absolute atomic E-state index is 11.7. The molecule has 1 unspecified atom stereocenters. The Morgan fingerprint density at radius 3 is 2.50 bits per heavy atom. The van der Waals surface area contributed by atoms with Crippen LogP contribution < -0.4 is 29.6 Å². The van der Waals surface area contributed by atoms with Crippen LogP contribution in [0.25, 0.3) is 0 Å². The monoisotopic (exact) mass is 204 g/mol. The van der Waals surface area contributed by atoms with Crippen LogP contribution in [-0.2, 0) is 11.1 Å². The molecule has 0 aliphatic carbocycles. The predicted molar refractivity (Wildman–Crippen MR) is 30.7 cm³/mol. The fourth-order valence-corrected chi connectivity index (χ4v) is 0.841. The zero-order chi connectivity index (χ0) is 8.43. The van der Waals surface area contributed by atoms with Gasteiger partial charge in [0.1, 0.15) is 0 Å². The van der Waals surface area contributed by atoms with Crippen molar-refractivity contribution in [3.05, 3.63) is 12.4 Å². The van der Waals surface area contributed by atoms with Gasteiger partial charge in [0.2, 0.25) is 0 Å². The van der Waals surface area contributed by atoms with Crippen molar-refractivity contribution >= 4 is 11.1 Å². The van der Waals surface area contributed by atoms with Gasteiger partial charge in [-0.15, -0.1) is 0 Å². The fraction of sp³-hybridized carbons (Fsp3) is 0.250. The van der Waals surface area contributed by atoms with Gasteiger partial charge >= 0.3 is 36.1 Å². The molecule has 0 aromatic carbocycles. The molecule has 0 bridgehead atoms. The number of hydrogen-bond donors (Lipinski definition) is 0. The van der Waals surface area contributed by atoms with Gasteiger partial charge in [0, 0.05) is 6.20 Å². The minimum absolute atomic E-state index is 0. The summed E-state index contributed by atoms with van der Waals surface area (Å²) >= 11 is -2.49. The van der Waals surface area contributed by atoms with Crippen molar-refractivity contribution < 1.29 is 47.1 Å². The second kappa shape index (κ2) is 5.03. The smallest absolute Gasteiger partial charge is 0.768 e. The topological polar surface area (TPSA) is 57.9 Å². The van der Waals surface area contributed by atoms with E-state index in [-0.39, 0.29) is 39.1 Å². The van der Waals surface area contributed by atoms with Gasteiger partial charge < -0.3 is 4.55 Å². The molecule has 0 fully saturated rings. The number of alkyl halides is 2. The van der Waals surface area contributed by atoms with Crippen LogP contribution in [0.5, 0.6) is 0 Å². The molecular formula is C4H3F2N2NaO2S. The summed E-state index contributed by atoms with van der Waals surface area (Å²) in [5.41, 5.74) is 0. The predicted octanol–water partition coefficient (Wildman–Crippen LogP) is -2.48. The van der Waals surface area contributed by atoms with E-state index >= 15 is 0 Å². The molecule has 0 amide bonds. The van der Waals surface area contributed by atoms with Crippen LogP contribution in [0.4, 0.5) is 8.78 Å². The summed E-state index contributed by atoms with van der Waals surface area (Å²) in [5, 5.41) is 3.11. The van der Waals surface area contributed by atoms with Crippen LogP contribution in [0, 0.1) is 0 Å². The van der Waals surface area contributed by atoms with E-state index in [0.717, 1.165) is 12.4 Å². The largest absolute Gasteiger partial charge is 1.00 e. The average Bonchev–Trinajstić information content (AvgIpc) is 2.33. The molecule has 1 aromatic heterocycles. The van der Waals surface area contributed by atoms with Crippen LogP contribution in [0.1, 0.15) is 6.55 Å². The second-order valence-electron chi connectivity index (χ2n) is 1.67. The van der Waals surface area contributed by atoms with Gasteiger partial charge in [-0.1, -0.05) is 0 Å². The molecule has 1 aromatic rings. The Bertz CT molecular complexity index is 280. The first kappa shape index (κ1) is 12.2. The van der Waals surface area contributed by atoms with E-state index in [0.29, 0.717) is 0 Å². The third kappa shape index (κ3) is 2.91. The summed E-state index contributed by atoms with van der Waals surface area (Å²) in [6.45, 7) is -2.80. The van der Waals surface area contributed by atoms with Gasteiger partial charge in [-0.05, 0) is 11.1 Å². The summed E-state index contributed by atoms with van der Waals surface area (Å²) < 4.78 is 44.0. The zero-order valence-corrected chi connectivity index (χ0v) is 8.92. The van der Waals surface area contributed by atoms with Gasteiger partial charge in [-0.25, -0.2) is 4.68 Å². The molecule has 8 heteroatoms. The van der Waals surface area contributed by atoms with Crippen molar-refractivity contribution in [2.45, 2.75) is 11.4 Å². The molecule has 0 saturated heterocycles. The van der Waals surface area contributed by atoms with E-state index in [2.05, 4.69) is 5.10 Å². The summed E-state index contributed by atoms with van der Waals surface area (Å²) in [6, 6.07) is 0. The molecule has 12 heavy (non-hydrogen) atoms. The normalized spacial score (nSPS) is 12.7. The van der Waals surface area contributed by atoms with E-state index in [1.165, 1.54) is 0 Å². The number of halogens is 2. The van der Waals surface area contributed by atoms with Crippen molar-refractivity contribution in [2.24, 2.45) is 0 Å². The molecule has 0 aliphatic rings. The summed E-state index contributed by atoms with van der Waals surface area (Å²) in [6.07, 6.45) is 1.61. The number of nitrogens with zero attached hydrogens (tertiary/aromatic N) is 2. The molecule has 4 nitrogen and oxygen atoms in total. The second-order valence-corrected chi connectivity index (χ2v) is 2.61. The summed E-state index contributed by atoms with van der Waals surface area (Å²) in [5.74, 6) is 0. The van der Waals surface area contributed by atoms with E-state index in [1.54, 1.807) is 0 Å². The molecule has 62 valence electrons. The Morgan fingerprint density at radius 2 is 2.25 bits per heavy atom. The minimum atomic E-state index is -2.80.